The number of nitrogens with zero attached hydrogens (tertiary/aromatic N) is 3. The van der Waals surface area contributed by atoms with Gasteiger partial charge in [-0.1, -0.05) is 0 Å². The molecule has 1 N–H and O–H groups in total. The molecule has 0 saturated heterocycles. The monoisotopic (exact) mass is 256 g/mol. The Balaban J connectivity index is 2.31. The third-order valence-corrected chi connectivity index (χ3v) is 2.81. The molecule has 0 aliphatic carbocycles. The lowest BCUT2D eigenvalue weighted by atomic mass is 10.2. The minimum absolute atomic E-state index is 0.0757. The number of hydrogen-bond acceptors (Lipinski definition) is 4. The van der Waals surface area contributed by atoms with Crippen molar-refractivity contribution in [3.05, 3.63) is 47.9 Å². The maximum absolute atomic E-state index is 12.4. The third-order valence-electron chi connectivity index (χ3n) is 2.81. The second-order valence-electron chi connectivity index (χ2n) is 4.20. The van der Waals surface area contributed by atoms with E-state index in [-0.39, 0.29) is 5.91 Å². The van der Waals surface area contributed by atoms with E-state index in [1.54, 1.807) is 55.7 Å². The van der Waals surface area contributed by atoms with Crippen molar-refractivity contribution in [2.24, 2.45) is 0 Å². The molecule has 0 fully saturated rings. The molecule has 98 valence electrons. The first-order valence-corrected chi connectivity index (χ1v) is 5.96. The van der Waals surface area contributed by atoms with Crippen LogP contribution in [0.1, 0.15) is 16.1 Å². The molecule has 0 bridgehead atoms. The Bertz CT molecular complexity index is 583. The Morgan fingerprint density at radius 2 is 1.95 bits per heavy atom. The molecule has 5 nitrogen and oxygen atoms in total. The summed E-state index contributed by atoms with van der Waals surface area (Å²) in [4.78, 5) is 22.2. The summed E-state index contributed by atoms with van der Waals surface area (Å²) < 4.78 is 0. The molecule has 0 radical (unpaired) electrons. The van der Waals surface area contributed by atoms with E-state index >= 15 is 0 Å². The standard InChI is InChI=1S/C14H16N4O/c1-10-8-11(9-13(15-2)17-10)14(19)18(3)12-4-6-16-7-5-12/h4-9H,1-3H3,(H,15,17). The van der Waals surface area contributed by atoms with E-state index in [4.69, 9.17) is 0 Å². The van der Waals surface area contributed by atoms with Gasteiger partial charge in [-0.25, -0.2) is 4.98 Å². The van der Waals surface area contributed by atoms with Crippen molar-refractivity contribution in [3.63, 3.8) is 0 Å². The van der Waals surface area contributed by atoms with Crippen molar-refractivity contribution in [2.75, 3.05) is 24.3 Å². The number of carbonyl (C=O) groups is 1. The van der Waals surface area contributed by atoms with Gasteiger partial charge >= 0.3 is 0 Å². The Morgan fingerprint density at radius 1 is 1.26 bits per heavy atom. The lowest BCUT2D eigenvalue weighted by Crippen LogP contribution is -2.26. The van der Waals surface area contributed by atoms with Gasteiger partial charge in [0.05, 0.1) is 0 Å². The second-order valence-corrected chi connectivity index (χ2v) is 4.20. The zero-order valence-electron chi connectivity index (χ0n) is 11.2. The molecular formula is C14H16N4O. The van der Waals surface area contributed by atoms with Crippen LogP contribution in [-0.2, 0) is 0 Å². The first-order valence-electron chi connectivity index (χ1n) is 5.96. The highest BCUT2D eigenvalue weighted by Crippen LogP contribution is 2.16. The van der Waals surface area contributed by atoms with Crippen molar-refractivity contribution in [1.82, 2.24) is 9.97 Å². The summed E-state index contributed by atoms with van der Waals surface area (Å²) in [5.74, 6) is 0.611. The van der Waals surface area contributed by atoms with Gasteiger partial charge in [0.25, 0.3) is 5.91 Å². The van der Waals surface area contributed by atoms with Crippen LogP contribution in [0.2, 0.25) is 0 Å². The van der Waals surface area contributed by atoms with Crippen molar-refractivity contribution < 1.29 is 4.79 Å². The molecule has 0 aliphatic heterocycles. The summed E-state index contributed by atoms with van der Waals surface area (Å²) in [6.07, 6.45) is 3.33. The molecule has 0 aliphatic rings. The fourth-order valence-electron chi connectivity index (χ4n) is 1.80. The van der Waals surface area contributed by atoms with Crippen molar-refractivity contribution in [3.8, 4) is 0 Å². The lowest BCUT2D eigenvalue weighted by molar-refractivity contribution is 0.0993. The number of aromatic nitrogens is 2. The van der Waals surface area contributed by atoms with Gasteiger partial charge < -0.3 is 10.2 Å². The Labute approximate surface area is 112 Å². The average molecular weight is 256 g/mol. The number of anilines is 2. The van der Waals surface area contributed by atoms with Crippen LogP contribution >= 0.6 is 0 Å². The molecule has 2 rings (SSSR count). The molecule has 0 saturated carbocycles. The number of carbonyl (C=O) groups excluding carboxylic acids is 1. The minimum Gasteiger partial charge on any atom is -0.373 e. The van der Waals surface area contributed by atoms with Crippen molar-refractivity contribution in [1.29, 1.82) is 0 Å². The van der Waals surface area contributed by atoms with Crippen LogP contribution in [0.5, 0.6) is 0 Å². The quantitative estimate of drug-likeness (QED) is 0.913. The minimum atomic E-state index is -0.0757. The van der Waals surface area contributed by atoms with Crippen LogP contribution in [-0.4, -0.2) is 30.0 Å². The largest absolute Gasteiger partial charge is 0.373 e. The summed E-state index contributed by atoms with van der Waals surface area (Å²) in [7, 11) is 3.52. The first-order chi connectivity index (χ1) is 9.11. The molecule has 1 amide bonds. The van der Waals surface area contributed by atoms with Gasteiger partial charge in [0, 0.05) is 43.4 Å². The van der Waals surface area contributed by atoms with E-state index in [1.165, 1.54) is 0 Å². The molecule has 2 aromatic heterocycles. The second kappa shape index (κ2) is 5.48. The number of aryl methyl sites for hydroxylation is 1. The molecule has 0 unspecified atom stereocenters. The zero-order valence-corrected chi connectivity index (χ0v) is 11.2. The van der Waals surface area contributed by atoms with E-state index < -0.39 is 0 Å². The lowest BCUT2D eigenvalue weighted by Gasteiger charge is -2.17. The Kier molecular flexibility index (Phi) is 3.75. The van der Waals surface area contributed by atoms with E-state index in [0.29, 0.717) is 11.4 Å². The predicted octanol–water partition coefficient (Wildman–Crippen LogP) is 2.10. The molecular weight excluding hydrogens is 240 g/mol. The SMILES string of the molecule is CNc1cc(C(=O)N(C)c2ccncc2)cc(C)n1. The molecule has 2 heterocycles. The van der Waals surface area contributed by atoms with Gasteiger partial charge in [0.15, 0.2) is 0 Å². The fourth-order valence-corrected chi connectivity index (χ4v) is 1.80. The van der Waals surface area contributed by atoms with E-state index in [2.05, 4.69) is 15.3 Å². The molecule has 0 aromatic carbocycles. The van der Waals surface area contributed by atoms with Gasteiger partial charge in [-0.15, -0.1) is 0 Å². The van der Waals surface area contributed by atoms with Crippen LogP contribution < -0.4 is 10.2 Å². The molecule has 19 heavy (non-hydrogen) atoms. The summed E-state index contributed by atoms with van der Waals surface area (Å²) in [6.45, 7) is 1.87. The predicted molar refractivity (Wildman–Crippen MR) is 75.5 cm³/mol. The Hall–Kier alpha value is -2.43. The summed E-state index contributed by atoms with van der Waals surface area (Å²) in [5.41, 5.74) is 2.22. The average Bonchev–Trinajstić information content (AvgIpc) is 2.46. The Morgan fingerprint density at radius 3 is 2.58 bits per heavy atom. The fraction of sp³-hybridized carbons (Fsp3) is 0.214. The van der Waals surface area contributed by atoms with E-state index in [0.717, 1.165) is 11.4 Å². The van der Waals surface area contributed by atoms with E-state index in [9.17, 15) is 4.79 Å². The maximum atomic E-state index is 12.4. The number of hydrogen-bond donors (Lipinski definition) is 1. The number of nitrogens with one attached hydrogen (secondary N) is 1. The smallest absolute Gasteiger partial charge is 0.258 e. The van der Waals surface area contributed by atoms with Gasteiger partial charge in [0.1, 0.15) is 5.82 Å². The van der Waals surface area contributed by atoms with Gasteiger partial charge in [-0.05, 0) is 31.2 Å². The highest BCUT2D eigenvalue weighted by atomic mass is 16.2. The summed E-state index contributed by atoms with van der Waals surface area (Å²) in [5, 5.41) is 2.95. The zero-order chi connectivity index (χ0) is 13.8. The van der Waals surface area contributed by atoms with Gasteiger partial charge in [-0.2, -0.15) is 0 Å². The molecule has 5 heteroatoms. The third kappa shape index (κ3) is 2.88. The summed E-state index contributed by atoms with van der Waals surface area (Å²) in [6, 6.07) is 7.11. The number of amides is 1. The maximum Gasteiger partial charge on any atom is 0.258 e. The highest BCUT2D eigenvalue weighted by molar-refractivity contribution is 6.06. The van der Waals surface area contributed by atoms with Crippen LogP contribution in [0.15, 0.2) is 36.7 Å². The van der Waals surface area contributed by atoms with E-state index in [1.807, 2.05) is 6.92 Å². The highest BCUT2D eigenvalue weighted by Gasteiger charge is 2.14. The first kappa shape index (κ1) is 13.0. The van der Waals surface area contributed by atoms with Crippen molar-refractivity contribution in [2.45, 2.75) is 6.92 Å². The topological polar surface area (TPSA) is 58.1 Å². The van der Waals surface area contributed by atoms with Crippen LogP contribution in [0.25, 0.3) is 0 Å². The molecule has 2 aromatic rings. The van der Waals surface area contributed by atoms with Crippen LogP contribution in [0, 0.1) is 6.92 Å². The normalized spacial score (nSPS) is 10.1. The molecule has 0 atom stereocenters. The molecule has 0 spiro atoms. The van der Waals surface area contributed by atoms with Crippen molar-refractivity contribution >= 4 is 17.4 Å². The van der Waals surface area contributed by atoms with Crippen LogP contribution in [0.3, 0.4) is 0 Å². The van der Waals surface area contributed by atoms with Gasteiger partial charge in [0.2, 0.25) is 0 Å². The van der Waals surface area contributed by atoms with Gasteiger partial charge in [-0.3, -0.25) is 9.78 Å². The number of pyridine rings is 2. The number of rotatable bonds is 3. The summed E-state index contributed by atoms with van der Waals surface area (Å²) >= 11 is 0. The van der Waals surface area contributed by atoms with Crippen LogP contribution in [0.4, 0.5) is 11.5 Å².